The summed E-state index contributed by atoms with van der Waals surface area (Å²) in [5.41, 5.74) is 0. The first kappa shape index (κ1) is 13.6. The summed E-state index contributed by atoms with van der Waals surface area (Å²) in [5, 5.41) is 0. The van der Waals surface area contributed by atoms with Crippen LogP contribution in [-0.4, -0.2) is 0 Å². The van der Waals surface area contributed by atoms with Crippen molar-refractivity contribution in [3.8, 4) is 0 Å². The fourth-order valence-corrected chi connectivity index (χ4v) is 0.250. The van der Waals surface area contributed by atoms with E-state index in [4.69, 9.17) is 0 Å². The lowest BCUT2D eigenvalue weighted by molar-refractivity contribution is 0.504. The van der Waals surface area contributed by atoms with Gasteiger partial charge in [0.1, 0.15) is 0 Å². The van der Waals surface area contributed by atoms with Crippen LogP contribution >= 0.6 is 0 Å². The first-order chi connectivity index (χ1) is 5.15. The third-order valence-corrected chi connectivity index (χ3v) is 1.000. The Bertz CT molecular complexity index is 40.2. The summed E-state index contributed by atoms with van der Waals surface area (Å²) in [7, 11) is 0. The van der Waals surface area contributed by atoms with E-state index in [-0.39, 0.29) is 1.43 Å². The van der Waals surface area contributed by atoms with Crippen molar-refractivity contribution in [2.24, 2.45) is 5.92 Å². The molecule has 1 saturated carbocycles. The maximum absolute atomic E-state index is 2.17. The molecule has 72 valence electrons. The van der Waals surface area contributed by atoms with Gasteiger partial charge in [-0.25, -0.2) is 0 Å². The van der Waals surface area contributed by atoms with E-state index in [1.165, 1.54) is 32.1 Å². The van der Waals surface area contributed by atoms with Crippen LogP contribution in [0.4, 0.5) is 0 Å². The van der Waals surface area contributed by atoms with Crippen molar-refractivity contribution in [3.63, 3.8) is 0 Å². The largest absolute Gasteiger partial charge is 0.0656 e. The van der Waals surface area contributed by atoms with Crippen LogP contribution in [0, 0.1) is 5.92 Å². The highest BCUT2D eigenvalue weighted by atomic mass is 14.0. The molecule has 0 saturated heterocycles. The van der Waals surface area contributed by atoms with Gasteiger partial charge in [-0.2, -0.15) is 0 Å². The van der Waals surface area contributed by atoms with Gasteiger partial charge < -0.3 is 0 Å². The van der Waals surface area contributed by atoms with Crippen LogP contribution in [-0.2, 0) is 0 Å². The van der Waals surface area contributed by atoms with Crippen molar-refractivity contribution in [1.29, 1.82) is 0 Å². The summed E-state index contributed by atoms with van der Waals surface area (Å²) in [6.07, 6.45) is 7.25. The highest BCUT2D eigenvalue weighted by molar-refractivity contribution is 4.50. The minimum Gasteiger partial charge on any atom is -0.0656 e. The summed E-state index contributed by atoms with van der Waals surface area (Å²) in [6.45, 7) is 10.8. The minimum absolute atomic E-state index is 0. The summed E-state index contributed by atoms with van der Waals surface area (Å²) in [6, 6.07) is 0. The summed E-state index contributed by atoms with van der Waals surface area (Å²) in [5.74, 6) is 0.833. The monoisotopic (exact) mass is 161 g/mol. The molecule has 0 spiro atoms. The van der Waals surface area contributed by atoms with Crippen LogP contribution in [0.25, 0.3) is 0 Å². The van der Waals surface area contributed by atoms with Gasteiger partial charge in [0.15, 0.2) is 0 Å². The highest BCUT2D eigenvalue weighted by Crippen LogP contribution is 2.15. The maximum Gasteiger partial charge on any atom is 0 e. The SMILES string of the molecule is C1CCC1.CC(C)C.CCC.[2HH]. The van der Waals surface area contributed by atoms with Gasteiger partial charge in [0.2, 0.25) is 0 Å². The Balaban J connectivity index is -0.0000000987. The third-order valence-electron chi connectivity index (χ3n) is 1.000. The zero-order valence-corrected chi connectivity index (χ0v) is 9.11. The Kier molecular flexibility index (Phi) is 15.6. The van der Waals surface area contributed by atoms with E-state index in [0.29, 0.717) is 0 Å². The highest BCUT2D eigenvalue weighted by Gasteiger charge is 1.95. The minimum atomic E-state index is 0. The predicted octanol–water partition coefficient (Wildman–Crippen LogP) is 4.89. The van der Waals surface area contributed by atoms with E-state index in [2.05, 4.69) is 34.6 Å². The van der Waals surface area contributed by atoms with Crippen molar-refractivity contribution in [1.82, 2.24) is 0 Å². The standard InChI is InChI=1S/C4H8.C4H10.C3H8.H2/c1-2-4-3-1;1-4(2)3;1-3-2;/h1-4H2;4H,1-3H3;3H2,1-2H3;1H/i;;;1+1. The molecule has 11 heavy (non-hydrogen) atoms. The number of hydrogen-bond acceptors (Lipinski definition) is 0. The lowest BCUT2D eigenvalue weighted by Gasteiger charge is -2.05. The van der Waals surface area contributed by atoms with Crippen molar-refractivity contribution < 1.29 is 1.43 Å². The molecule has 1 rings (SSSR count). The Morgan fingerprint density at radius 1 is 0.909 bits per heavy atom. The molecule has 0 aliphatic heterocycles. The lowest BCUT2D eigenvalue weighted by Crippen LogP contribution is -1.85. The van der Waals surface area contributed by atoms with E-state index in [9.17, 15) is 0 Å². The molecule has 0 nitrogen and oxygen atoms in total. The number of hydrogen-bond donors (Lipinski definition) is 0. The van der Waals surface area contributed by atoms with Gasteiger partial charge >= 0.3 is 0 Å². The molecule has 0 aromatic carbocycles. The fourth-order valence-electron chi connectivity index (χ4n) is 0.250. The first-order valence-electron chi connectivity index (χ1n) is 5.15. The molecule has 0 heterocycles. The maximum atomic E-state index is 2.17. The molecule has 0 radical (unpaired) electrons. The van der Waals surface area contributed by atoms with Crippen LogP contribution in [0.15, 0.2) is 0 Å². The second kappa shape index (κ2) is 12.7. The fraction of sp³-hybridized carbons (Fsp3) is 1.00. The van der Waals surface area contributed by atoms with Gasteiger partial charge in [-0.15, -0.1) is 0 Å². The Morgan fingerprint density at radius 2 is 1.00 bits per heavy atom. The van der Waals surface area contributed by atoms with E-state index < -0.39 is 0 Å². The smallest absolute Gasteiger partial charge is 0 e. The van der Waals surface area contributed by atoms with Crippen molar-refractivity contribution in [2.45, 2.75) is 66.7 Å². The molecule has 0 N–H and O–H groups in total. The van der Waals surface area contributed by atoms with Gasteiger partial charge in [0.05, 0.1) is 0 Å². The molecule has 1 aliphatic carbocycles. The first-order valence-corrected chi connectivity index (χ1v) is 5.15. The molecule has 0 unspecified atom stereocenters. The van der Waals surface area contributed by atoms with Crippen molar-refractivity contribution >= 4 is 0 Å². The zero-order valence-electron chi connectivity index (χ0n) is 9.11. The zero-order chi connectivity index (χ0) is 9.11. The molecule has 0 heteroatoms. The Labute approximate surface area is 74.9 Å². The molecule has 0 bridgehead atoms. The quantitative estimate of drug-likeness (QED) is 0.475. The van der Waals surface area contributed by atoms with E-state index in [1.807, 2.05) is 0 Å². The Morgan fingerprint density at radius 3 is 1.00 bits per heavy atom. The van der Waals surface area contributed by atoms with Crippen molar-refractivity contribution in [2.75, 3.05) is 0 Å². The van der Waals surface area contributed by atoms with Crippen LogP contribution < -0.4 is 0 Å². The molecule has 1 aliphatic rings. The van der Waals surface area contributed by atoms with Crippen molar-refractivity contribution in [3.05, 3.63) is 0 Å². The molecular weight excluding hydrogens is 132 g/mol. The summed E-state index contributed by atoms with van der Waals surface area (Å²) < 4.78 is 0. The van der Waals surface area contributed by atoms with Crippen LogP contribution in [0.5, 0.6) is 0 Å². The van der Waals surface area contributed by atoms with Gasteiger partial charge in [0.25, 0.3) is 0 Å². The average Bonchev–Trinajstić information content (AvgIpc) is 1.56. The molecule has 0 aromatic heterocycles. The topological polar surface area (TPSA) is 0 Å². The lowest BCUT2D eigenvalue weighted by atomic mass is 10.0. The van der Waals surface area contributed by atoms with Gasteiger partial charge in [-0.05, 0) is 5.92 Å². The van der Waals surface area contributed by atoms with Gasteiger partial charge in [-0.1, -0.05) is 66.7 Å². The molecule has 0 aromatic rings. The normalized spacial score (nSPS) is 13.6. The van der Waals surface area contributed by atoms with Gasteiger partial charge in [-0.3, -0.25) is 0 Å². The predicted molar refractivity (Wildman–Crippen MR) is 57.1 cm³/mol. The number of rotatable bonds is 0. The van der Waals surface area contributed by atoms with Crippen LogP contribution in [0.2, 0.25) is 0 Å². The molecule has 1 fully saturated rings. The van der Waals surface area contributed by atoms with Crippen LogP contribution in [0.1, 0.15) is 68.1 Å². The Hall–Kier alpha value is 0. The molecule has 0 atom stereocenters. The van der Waals surface area contributed by atoms with Gasteiger partial charge in [0, 0.05) is 1.43 Å². The molecule has 0 amide bonds. The second-order valence-corrected chi connectivity index (χ2v) is 3.85. The van der Waals surface area contributed by atoms with E-state index >= 15 is 0 Å². The average molecular weight is 161 g/mol. The second-order valence-electron chi connectivity index (χ2n) is 3.85. The van der Waals surface area contributed by atoms with E-state index in [0.717, 1.165) is 5.92 Å². The molecular formula is C11H28. The summed E-state index contributed by atoms with van der Waals surface area (Å²) in [4.78, 5) is 0. The van der Waals surface area contributed by atoms with Crippen LogP contribution in [0.3, 0.4) is 0 Å². The summed E-state index contributed by atoms with van der Waals surface area (Å²) >= 11 is 0. The third kappa shape index (κ3) is 40.0. The van der Waals surface area contributed by atoms with E-state index in [1.54, 1.807) is 0 Å².